The van der Waals surface area contributed by atoms with E-state index in [1.165, 1.54) is 25.7 Å². The van der Waals surface area contributed by atoms with E-state index in [2.05, 4.69) is 6.92 Å². The molecule has 2 nitrogen and oxygen atoms in total. The number of ketones is 1. The van der Waals surface area contributed by atoms with Gasteiger partial charge in [-0.25, -0.2) is 0 Å². The Morgan fingerprint density at radius 1 is 1.12 bits per heavy atom. The number of rotatable bonds is 5. The Hall–Kier alpha value is -0.370. The third kappa shape index (κ3) is 4.09. The van der Waals surface area contributed by atoms with Gasteiger partial charge in [0.2, 0.25) is 0 Å². The van der Waals surface area contributed by atoms with E-state index in [1.54, 1.807) is 0 Å². The van der Waals surface area contributed by atoms with Crippen LogP contribution in [-0.4, -0.2) is 11.8 Å². The standard InChI is InChI=1S/C15H27NO/c1-2-11-3-4-12(10-14(16)9-11)5-8-15(17)13-6-7-13/h11-14H,2-10,16H2,1H3. The minimum Gasteiger partial charge on any atom is -0.328 e. The molecule has 0 aromatic heterocycles. The monoisotopic (exact) mass is 237 g/mol. The van der Waals surface area contributed by atoms with Gasteiger partial charge >= 0.3 is 0 Å². The van der Waals surface area contributed by atoms with Crippen molar-refractivity contribution in [1.82, 2.24) is 0 Å². The van der Waals surface area contributed by atoms with Crippen molar-refractivity contribution in [2.45, 2.75) is 70.8 Å². The molecule has 0 spiro atoms. The van der Waals surface area contributed by atoms with E-state index in [1.807, 2.05) is 0 Å². The van der Waals surface area contributed by atoms with E-state index < -0.39 is 0 Å². The summed E-state index contributed by atoms with van der Waals surface area (Å²) in [5, 5.41) is 0. The van der Waals surface area contributed by atoms with Crippen molar-refractivity contribution in [1.29, 1.82) is 0 Å². The fourth-order valence-electron chi connectivity index (χ4n) is 3.25. The van der Waals surface area contributed by atoms with Crippen LogP contribution in [0.2, 0.25) is 0 Å². The molecule has 3 unspecified atom stereocenters. The number of carbonyl (C=O) groups is 1. The van der Waals surface area contributed by atoms with E-state index in [-0.39, 0.29) is 0 Å². The van der Waals surface area contributed by atoms with Gasteiger partial charge in [0.1, 0.15) is 5.78 Å². The summed E-state index contributed by atoms with van der Waals surface area (Å²) in [4.78, 5) is 11.7. The molecule has 17 heavy (non-hydrogen) atoms. The topological polar surface area (TPSA) is 43.1 Å². The van der Waals surface area contributed by atoms with Gasteiger partial charge in [-0.2, -0.15) is 0 Å². The van der Waals surface area contributed by atoms with E-state index >= 15 is 0 Å². The summed E-state index contributed by atoms with van der Waals surface area (Å²) in [6.07, 6.45) is 10.5. The van der Waals surface area contributed by atoms with Gasteiger partial charge < -0.3 is 5.73 Å². The summed E-state index contributed by atoms with van der Waals surface area (Å²) in [5.74, 6) is 2.51. The minimum absolute atomic E-state index is 0.378. The molecular formula is C15H27NO. The number of hydrogen-bond acceptors (Lipinski definition) is 2. The molecule has 98 valence electrons. The lowest BCUT2D eigenvalue weighted by atomic mass is 9.91. The largest absolute Gasteiger partial charge is 0.328 e. The van der Waals surface area contributed by atoms with Crippen molar-refractivity contribution in [3.05, 3.63) is 0 Å². The zero-order valence-corrected chi connectivity index (χ0v) is 11.2. The Labute approximate surface area is 105 Å². The summed E-state index contributed by atoms with van der Waals surface area (Å²) in [7, 11) is 0. The zero-order chi connectivity index (χ0) is 12.3. The highest BCUT2D eigenvalue weighted by atomic mass is 16.1. The Bertz CT molecular complexity index is 260. The Morgan fingerprint density at radius 2 is 1.76 bits per heavy atom. The van der Waals surface area contributed by atoms with Crippen molar-refractivity contribution < 1.29 is 4.79 Å². The lowest BCUT2D eigenvalue weighted by molar-refractivity contribution is -0.120. The molecule has 0 radical (unpaired) electrons. The van der Waals surface area contributed by atoms with Gasteiger partial charge in [-0.3, -0.25) is 4.79 Å². The second kappa shape index (κ2) is 5.99. The summed E-state index contributed by atoms with van der Waals surface area (Å²) >= 11 is 0. The average Bonchev–Trinajstić information content (AvgIpc) is 3.12. The molecule has 3 atom stereocenters. The van der Waals surface area contributed by atoms with Crippen LogP contribution >= 0.6 is 0 Å². The Morgan fingerprint density at radius 3 is 2.41 bits per heavy atom. The molecule has 0 bridgehead atoms. The molecule has 2 saturated carbocycles. The first-order valence-corrected chi connectivity index (χ1v) is 7.47. The lowest BCUT2D eigenvalue weighted by Gasteiger charge is -2.16. The third-order valence-electron chi connectivity index (χ3n) is 4.66. The van der Waals surface area contributed by atoms with E-state index in [0.717, 1.165) is 38.0 Å². The lowest BCUT2D eigenvalue weighted by Crippen LogP contribution is -2.23. The summed E-state index contributed by atoms with van der Waals surface area (Å²) in [5.41, 5.74) is 6.18. The van der Waals surface area contributed by atoms with Crippen LogP contribution in [0.4, 0.5) is 0 Å². The molecule has 0 heterocycles. The van der Waals surface area contributed by atoms with Crippen LogP contribution in [0.3, 0.4) is 0 Å². The molecule has 0 amide bonds. The van der Waals surface area contributed by atoms with Crippen molar-refractivity contribution in [3.8, 4) is 0 Å². The van der Waals surface area contributed by atoms with Crippen LogP contribution in [0.5, 0.6) is 0 Å². The fourth-order valence-corrected chi connectivity index (χ4v) is 3.25. The number of Topliss-reactive ketones (excluding diaryl/α,β-unsaturated/α-hetero) is 1. The average molecular weight is 237 g/mol. The highest BCUT2D eigenvalue weighted by Gasteiger charge is 2.30. The van der Waals surface area contributed by atoms with Crippen LogP contribution < -0.4 is 5.73 Å². The highest BCUT2D eigenvalue weighted by molar-refractivity contribution is 5.83. The Kier molecular flexibility index (Phi) is 4.61. The van der Waals surface area contributed by atoms with Crippen LogP contribution in [0, 0.1) is 17.8 Å². The predicted molar refractivity (Wildman–Crippen MR) is 70.7 cm³/mol. The normalized spacial score (nSPS) is 34.4. The molecule has 2 aliphatic carbocycles. The number of nitrogens with two attached hydrogens (primary N) is 1. The molecule has 2 N–H and O–H groups in total. The SMILES string of the molecule is CCC1CCC(CCC(=O)C2CC2)CC(N)C1. The van der Waals surface area contributed by atoms with E-state index in [9.17, 15) is 4.79 Å². The van der Waals surface area contributed by atoms with Gasteiger partial charge in [0, 0.05) is 18.4 Å². The summed E-state index contributed by atoms with van der Waals surface area (Å²) in [6, 6.07) is 0.378. The van der Waals surface area contributed by atoms with Crippen molar-refractivity contribution in [2.75, 3.05) is 0 Å². The molecular weight excluding hydrogens is 210 g/mol. The van der Waals surface area contributed by atoms with Gasteiger partial charge in [-0.1, -0.05) is 26.2 Å². The van der Waals surface area contributed by atoms with Crippen molar-refractivity contribution >= 4 is 5.78 Å². The van der Waals surface area contributed by atoms with Crippen molar-refractivity contribution in [3.63, 3.8) is 0 Å². The van der Waals surface area contributed by atoms with Gasteiger partial charge in [0.25, 0.3) is 0 Å². The predicted octanol–water partition coefficient (Wildman–Crippen LogP) is 3.29. The van der Waals surface area contributed by atoms with Gasteiger partial charge in [-0.05, 0) is 43.9 Å². The Balaban J connectivity index is 1.74. The van der Waals surface area contributed by atoms with Gasteiger partial charge in [-0.15, -0.1) is 0 Å². The molecule has 0 aromatic carbocycles. The maximum absolute atomic E-state index is 11.7. The third-order valence-corrected chi connectivity index (χ3v) is 4.66. The second-order valence-electron chi connectivity index (χ2n) is 6.23. The van der Waals surface area contributed by atoms with Crippen molar-refractivity contribution in [2.24, 2.45) is 23.5 Å². The molecule has 0 saturated heterocycles. The number of carbonyl (C=O) groups excluding carboxylic acids is 1. The first-order chi connectivity index (χ1) is 8.19. The summed E-state index contributed by atoms with van der Waals surface area (Å²) in [6.45, 7) is 2.27. The quantitative estimate of drug-likeness (QED) is 0.746. The molecule has 2 rings (SSSR count). The van der Waals surface area contributed by atoms with Crippen LogP contribution in [0.25, 0.3) is 0 Å². The maximum atomic E-state index is 11.7. The second-order valence-corrected chi connectivity index (χ2v) is 6.23. The van der Waals surface area contributed by atoms with Crippen LogP contribution in [0.15, 0.2) is 0 Å². The fraction of sp³-hybridized carbons (Fsp3) is 0.933. The highest BCUT2D eigenvalue weighted by Crippen LogP contribution is 2.34. The van der Waals surface area contributed by atoms with Gasteiger partial charge in [0.05, 0.1) is 0 Å². The van der Waals surface area contributed by atoms with E-state index in [0.29, 0.717) is 23.7 Å². The summed E-state index contributed by atoms with van der Waals surface area (Å²) < 4.78 is 0. The molecule has 0 aliphatic heterocycles. The zero-order valence-electron chi connectivity index (χ0n) is 11.2. The minimum atomic E-state index is 0.378. The maximum Gasteiger partial charge on any atom is 0.135 e. The smallest absolute Gasteiger partial charge is 0.135 e. The van der Waals surface area contributed by atoms with Crippen LogP contribution in [0.1, 0.15) is 64.7 Å². The van der Waals surface area contributed by atoms with Crippen LogP contribution in [-0.2, 0) is 4.79 Å². The van der Waals surface area contributed by atoms with E-state index in [4.69, 9.17) is 5.73 Å². The first kappa shape index (κ1) is 13.1. The first-order valence-electron chi connectivity index (χ1n) is 7.47. The number of hydrogen-bond donors (Lipinski definition) is 1. The molecule has 2 aliphatic rings. The van der Waals surface area contributed by atoms with Gasteiger partial charge in [0.15, 0.2) is 0 Å². The molecule has 0 aromatic rings. The molecule has 2 fully saturated rings. The molecule has 2 heteroatoms.